The Bertz CT molecular complexity index is 978. The number of carbonyl (C=O) groups excluding carboxylic acids is 1. The molecule has 0 bridgehead atoms. The molecule has 1 aliphatic rings. The van der Waals surface area contributed by atoms with E-state index in [0.717, 1.165) is 30.7 Å². The fraction of sp³-hybridized carbons (Fsp3) is 0.346. The molecule has 0 saturated heterocycles. The van der Waals surface area contributed by atoms with Crippen molar-refractivity contribution in [3.05, 3.63) is 90.6 Å². The van der Waals surface area contributed by atoms with E-state index >= 15 is 0 Å². The van der Waals surface area contributed by atoms with Crippen molar-refractivity contribution in [2.75, 3.05) is 18.8 Å². The quantitative estimate of drug-likeness (QED) is 0.113. The van der Waals surface area contributed by atoms with E-state index < -0.39 is 6.23 Å². The Labute approximate surface area is 223 Å². The van der Waals surface area contributed by atoms with Gasteiger partial charge in [0.05, 0.1) is 17.8 Å². The average molecular weight is 533 g/mol. The van der Waals surface area contributed by atoms with Crippen molar-refractivity contribution in [2.24, 2.45) is 5.22 Å². The SMILES string of the molecule is C=CCC/C=C/CSC1/C=C/C(=C/c2[nH]c(C)cc2C(=O)NCCN(C=C)N=N)C(O)N/C=C/C1.O.O. The molecule has 1 aromatic heterocycles. The maximum absolute atomic E-state index is 12.8. The van der Waals surface area contributed by atoms with E-state index in [9.17, 15) is 9.90 Å². The molecule has 11 heteroatoms. The molecular formula is C26H40N6O4S. The predicted molar refractivity (Wildman–Crippen MR) is 152 cm³/mol. The lowest BCUT2D eigenvalue weighted by molar-refractivity contribution is 0.0950. The van der Waals surface area contributed by atoms with Crippen LogP contribution in [0.5, 0.6) is 0 Å². The number of aryl methyl sites for hydroxylation is 1. The summed E-state index contributed by atoms with van der Waals surface area (Å²) in [6.07, 6.45) is 19.2. The number of amides is 1. The summed E-state index contributed by atoms with van der Waals surface area (Å²) < 4.78 is 0. The van der Waals surface area contributed by atoms with Gasteiger partial charge in [-0.2, -0.15) is 5.53 Å². The van der Waals surface area contributed by atoms with Gasteiger partial charge in [0.2, 0.25) is 0 Å². The van der Waals surface area contributed by atoms with Gasteiger partial charge in [-0.05, 0) is 44.5 Å². The topological polar surface area (TPSA) is 180 Å². The molecule has 2 unspecified atom stereocenters. The van der Waals surface area contributed by atoms with Crippen molar-refractivity contribution in [2.45, 2.75) is 37.7 Å². The Morgan fingerprint density at radius 1 is 1.35 bits per heavy atom. The van der Waals surface area contributed by atoms with Crippen molar-refractivity contribution in [1.82, 2.24) is 20.6 Å². The number of nitrogens with one attached hydrogen (secondary N) is 4. The minimum atomic E-state index is -0.913. The maximum atomic E-state index is 12.8. The number of carbonyl (C=O) groups is 1. The molecule has 9 N–H and O–H groups in total. The lowest BCUT2D eigenvalue weighted by Gasteiger charge is -2.13. The number of aromatic nitrogens is 1. The van der Waals surface area contributed by atoms with Crippen LogP contribution in [0.3, 0.4) is 0 Å². The first kappa shape index (κ1) is 33.6. The molecule has 10 nitrogen and oxygen atoms in total. The molecule has 1 aliphatic heterocycles. The molecule has 0 fully saturated rings. The summed E-state index contributed by atoms with van der Waals surface area (Å²) in [6.45, 7) is 9.84. The average Bonchev–Trinajstić information content (AvgIpc) is 3.25. The smallest absolute Gasteiger partial charge is 0.253 e. The molecule has 1 aromatic rings. The van der Waals surface area contributed by atoms with Gasteiger partial charge in [-0.1, -0.05) is 48.3 Å². The summed E-state index contributed by atoms with van der Waals surface area (Å²) in [5, 5.41) is 21.4. The number of aliphatic hydroxyl groups is 1. The summed E-state index contributed by atoms with van der Waals surface area (Å²) in [7, 11) is 0. The van der Waals surface area contributed by atoms with Crippen LogP contribution >= 0.6 is 11.8 Å². The van der Waals surface area contributed by atoms with Gasteiger partial charge in [0.25, 0.3) is 5.91 Å². The predicted octanol–water partition coefficient (Wildman–Crippen LogP) is 3.18. The Kier molecular flexibility index (Phi) is 17.1. The van der Waals surface area contributed by atoms with Crippen molar-refractivity contribution in [3.63, 3.8) is 0 Å². The van der Waals surface area contributed by atoms with Crippen LogP contribution in [0.1, 0.15) is 41.0 Å². The Morgan fingerprint density at radius 3 is 2.84 bits per heavy atom. The number of aliphatic hydroxyl groups excluding tert-OH is 1. The number of aromatic amines is 1. The number of hydrogen-bond donors (Lipinski definition) is 5. The van der Waals surface area contributed by atoms with Crippen LogP contribution in [-0.2, 0) is 0 Å². The second-order valence-corrected chi connectivity index (χ2v) is 9.17. The lowest BCUT2D eigenvalue weighted by Crippen LogP contribution is -2.30. The minimum absolute atomic E-state index is 0. The fourth-order valence-corrected chi connectivity index (χ4v) is 4.25. The highest BCUT2D eigenvalue weighted by molar-refractivity contribution is 8.00. The van der Waals surface area contributed by atoms with Gasteiger partial charge in [-0.15, -0.1) is 18.3 Å². The highest BCUT2D eigenvalue weighted by Gasteiger charge is 2.16. The summed E-state index contributed by atoms with van der Waals surface area (Å²) >= 11 is 1.83. The molecule has 204 valence electrons. The van der Waals surface area contributed by atoms with Crippen LogP contribution in [0.25, 0.3) is 6.08 Å². The van der Waals surface area contributed by atoms with Crippen LogP contribution in [0.4, 0.5) is 0 Å². The molecule has 0 radical (unpaired) electrons. The number of allylic oxidation sites excluding steroid dienone is 3. The molecule has 0 spiro atoms. The molecule has 2 rings (SSSR count). The first-order valence-corrected chi connectivity index (χ1v) is 12.6. The van der Waals surface area contributed by atoms with Gasteiger partial charge in [0.15, 0.2) is 0 Å². The van der Waals surface area contributed by atoms with E-state index in [-0.39, 0.29) is 22.1 Å². The standard InChI is InChI=1S/C26H36N6O2S.2H2O/c1-4-6-7-8-9-17-35-22-11-10-14-28-25(33)21(12-13-22)19-24-23(18-20(3)30-24)26(34)29-15-16-32(5-2)31-27;;/h4-5,8-10,12-14,18-19,22,25,27-28,30,33H,1-2,6-7,11,15-17H2,3H3,(H,29,34);2*1H2/b9-8+,13-12+,14-10+,21-19-,31-27?;;. The van der Waals surface area contributed by atoms with Gasteiger partial charge in [0.1, 0.15) is 6.23 Å². The van der Waals surface area contributed by atoms with Crippen molar-refractivity contribution < 1.29 is 20.9 Å². The zero-order valence-corrected chi connectivity index (χ0v) is 22.1. The molecule has 0 saturated carbocycles. The lowest BCUT2D eigenvalue weighted by atomic mass is 10.1. The number of rotatable bonds is 13. The molecular weight excluding hydrogens is 492 g/mol. The molecule has 0 aliphatic carbocycles. The number of thioether (sulfide) groups is 1. The van der Waals surface area contributed by atoms with E-state index in [4.69, 9.17) is 5.53 Å². The Hall–Kier alpha value is -3.38. The zero-order valence-electron chi connectivity index (χ0n) is 21.2. The molecule has 37 heavy (non-hydrogen) atoms. The summed E-state index contributed by atoms with van der Waals surface area (Å²) in [4.78, 5) is 16.0. The van der Waals surface area contributed by atoms with E-state index in [2.05, 4.69) is 52.2 Å². The van der Waals surface area contributed by atoms with Crippen LogP contribution in [0.2, 0.25) is 0 Å². The summed E-state index contributed by atoms with van der Waals surface area (Å²) in [6, 6.07) is 1.78. The highest BCUT2D eigenvalue weighted by Crippen LogP contribution is 2.22. The minimum Gasteiger partial charge on any atom is -0.412 e. The van der Waals surface area contributed by atoms with E-state index in [1.54, 1.807) is 18.3 Å². The van der Waals surface area contributed by atoms with Crippen molar-refractivity contribution in [1.29, 1.82) is 5.53 Å². The third-order valence-corrected chi connectivity index (χ3v) is 6.34. The summed E-state index contributed by atoms with van der Waals surface area (Å²) in [5.74, 6) is 0.660. The van der Waals surface area contributed by atoms with Crippen LogP contribution in [-0.4, -0.2) is 62.3 Å². The Morgan fingerprint density at radius 2 is 2.14 bits per heavy atom. The van der Waals surface area contributed by atoms with Gasteiger partial charge in [-0.3, -0.25) is 9.80 Å². The highest BCUT2D eigenvalue weighted by atomic mass is 32.2. The van der Waals surface area contributed by atoms with Crippen molar-refractivity contribution >= 4 is 23.7 Å². The Balaban J connectivity index is 0.00000648. The fourth-order valence-electron chi connectivity index (χ4n) is 3.32. The van der Waals surface area contributed by atoms with E-state index in [1.807, 2.05) is 36.9 Å². The van der Waals surface area contributed by atoms with E-state index in [1.165, 1.54) is 11.2 Å². The van der Waals surface area contributed by atoms with Crippen LogP contribution in [0.15, 0.2) is 78.9 Å². The van der Waals surface area contributed by atoms with Crippen LogP contribution in [0, 0.1) is 12.5 Å². The number of H-pyrrole nitrogens is 1. The third-order valence-electron chi connectivity index (χ3n) is 5.17. The van der Waals surface area contributed by atoms with Gasteiger partial charge in [-0.25, -0.2) is 0 Å². The zero-order chi connectivity index (χ0) is 25.5. The monoisotopic (exact) mass is 532 g/mol. The maximum Gasteiger partial charge on any atom is 0.253 e. The number of nitrogens with zero attached hydrogens (tertiary/aromatic N) is 2. The summed E-state index contributed by atoms with van der Waals surface area (Å²) in [5.41, 5.74) is 9.62. The largest absolute Gasteiger partial charge is 0.412 e. The molecule has 2 atom stereocenters. The number of hydrogen-bond acceptors (Lipinski definition) is 6. The van der Waals surface area contributed by atoms with Crippen LogP contribution < -0.4 is 10.6 Å². The molecule has 2 heterocycles. The van der Waals surface area contributed by atoms with E-state index in [0.29, 0.717) is 29.9 Å². The van der Waals surface area contributed by atoms with Gasteiger partial charge in [0, 0.05) is 35.0 Å². The normalized spacial score (nSPS) is 19.7. The first-order valence-electron chi connectivity index (χ1n) is 11.6. The number of unbranched alkanes of at least 4 members (excludes halogenated alkanes) is 1. The second kappa shape index (κ2) is 18.8. The van der Waals surface area contributed by atoms with Gasteiger partial charge >= 0.3 is 0 Å². The molecule has 0 aromatic carbocycles. The third kappa shape index (κ3) is 11.9. The molecule has 1 amide bonds. The van der Waals surface area contributed by atoms with Gasteiger partial charge < -0.3 is 31.7 Å². The first-order chi connectivity index (χ1) is 17.0. The van der Waals surface area contributed by atoms with Crippen molar-refractivity contribution in [3.8, 4) is 0 Å². The second-order valence-electron chi connectivity index (χ2n) is 7.90.